The molecule has 74 valence electrons. The minimum Gasteiger partial charge on any atom is -0.486 e. The van der Waals surface area contributed by atoms with E-state index in [1.807, 2.05) is 0 Å². The van der Waals surface area contributed by atoms with Crippen LogP contribution in [0.2, 0.25) is 0 Å². The van der Waals surface area contributed by atoms with Crippen LogP contribution in [0.1, 0.15) is 12.8 Å². The zero-order chi connectivity index (χ0) is 8.93. The first-order chi connectivity index (χ1) is 6.45. The lowest BCUT2D eigenvalue weighted by atomic mass is 9.98. The van der Waals surface area contributed by atoms with Gasteiger partial charge in [-0.05, 0) is 37.9 Å². The fraction of sp³-hybridized carbons (Fsp3) is 0.800. The second-order valence-electron chi connectivity index (χ2n) is 3.90. The molecule has 1 saturated heterocycles. The van der Waals surface area contributed by atoms with Gasteiger partial charge in [0.1, 0.15) is 6.73 Å². The van der Waals surface area contributed by atoms with E-state index in [-0.39, 0.29) is 0 Å². The number of rotatable bonds is 2. The molecule has 0 amide bonds. The highest BCUT2D eigenvalue weighted by molar-refractivity contribution is 4.83. The third-order valence-electron chi connectivity index (χ3n) is 2.79. The first-order valence-electron chi connectivity index (χ1n) is 5.15. The van der Waals surface area contributed by atoms with E-state index in [1.54, 1.807) is 6.26 Å². The summed E-state index contributed by atoms with van der Waals surface area (Å²) >= 11 is 0. The lowest BCUT2D eigenvalue weighted by molar-refractivity contribution is 0.0658. The molecule has 2 aliphatic heterocycles. The summed E-state index contributed by atoms with van der Waals surface area (Å²) in [6.07, 6.45) is 6.53. The number of nitrogens with one attached hydrogen (secondary N) is 1. The van der Waals surface area contributed by atoms with Crippen molar-refractivity contribution >= 4 is 0 Å². The van der Waals surface area contributed by atoms with Gasteiger partial charge in [-0.25, -0.2) is 0 Å². The molecule has 1 fully saturated rings. The minimum absolute atomic E-state index is 0.778. The predicted molar refractivity (Wildman–Crippen MR) is 52.3 cm³/mol. The molecule has 0 atom stereocenters. The van der Waals surface area contributed by atoms with Crippen LogP contribution in [0, 0.1) is 5.92 Å². The third kappa shape index (κ3) is 2.71. The first-order valence-corrected chi connectivity index (χ1v) is 5.15. The largest absolute Gasteiger partial charge is 0.486 e. The summed E-state index contributed by atoms with van der Waals surface area (Å²) in [6.45, 7) is 5.42. The molecule has 0 radical (unpaired) electrons. The van der Waals surface area contributed by atoms with Crippen molar-refractivity contribution < 1.29 is 4.74 Å². The molecule has 0 aromatic rings. The number of hydrogen-bond acceptors (Lipinski definition) is 3. The molecule has 13 heavy (non-hydrogen) atoms. The molecule has 0 unspecified atom stereocenters. The third-order valence-corrected chi connectivity index (χ3v) is 2.79. The molecule has 0 spiro atoms. The molecule has 0 aromatic heterocycles. The summed E-state index contributed by atoms with van der Waals surface area (Å²) in [5, 5.41) is 3.39. The van der Waals surface area contributed by atoms with Crippen LogP contribution in [0.5, 0.6) is 0 Å². The lowest BCUT2D eigenvalue weighted by Crippen LogP contribution is -2.38. The van der Waals surface area contributed by atoms with Crippen LogP contribution in [0.15, 0.2) is 12.3 Å². The molecule has 0 aromatic carbocycles. The van der Waals surface area contributed by atoms with Gasteiger partial charge in [0.2, 0.25) is 0 Å². The van der Waals surface area contributed by atoms with Gasteiger partial charge in [0.15, 0.2) is 0 Å². The number of ether oxygens (including phenoxy) is 1. The number of hydrogen-bond donors (Lipinski definition) is 1. The van der Waals surface area contributed by atoms with Crippen molar-refractivity contribution in [1.29, 1.82) is 0 Å². The van der Waals surface area contributed by atoms with E-state index < -0.39 is 0 Å². The highest BCUT2D eigenvalue weighted by Gasteiger charge is 2.17. The van der Waals surface area contributed by atoms with E-state index >= 15 is 0 Å². The Bertz CT molecular complexity index is 176. The van der Waals surface area contributed by atoms with Gasteiger partial charge in [-0.2, -0.15) is 0 Å². The maximum Gasteiger partial charge on any atom is 0.141 e. The Morgan fingerprint density at radius 2 is 2.23 bits per heavy atom. The Hall–Kier alpha value is -0.540. The number of nitrogens with zero attached hydrogens (tertiary/aromatic N) is 1. The molecule has 0 saturated carbocycles. The van der Waals surface area contributed by atoms with Crippen LogP contribution in [0.25, 0.3) is 0 Å². The van der Waals surface area contributed by atoms with Crippen molar-refractivity contribution in [3.05, 3.63) is 12.3 Å². The van der Waals surface area contributed by atoms with Gasteiger partial charge < -0.3 is 10.1 Å². The Morgan fingerprint density at radius 3 is 2.92 bits per heavy atom. The van der Waals surface area contributed by atoms with Gasteiger partial charge in [0.25, 0.3) is 0 Å². The van der Waals surface area contributed by atoms with Gasteiger partial charge in [-0.1, -0.05) is 0 Å². The number of piperidine rings is 1. The highest BCUT2D eigenvalue weighted by atomic mass is 16.5. The first kappa shape index (κ1) is 9.03. The molecular weight excluding hydrogens is 164 g/mol. The van der Waals surface area contributed by atoms with E-state index in [4.69, 9.17) is 4.74 Å². The predicted octanol–water partition coefficient (Wildman–Crippen LogP) is 0.789. The molecule has 0 aliphatic carbocycles. The van der Waals surface area contributed by atoms with Gasteiger partial charge in [-0.15, -0.1) is 0 Å². The molecule has 3 nitrogen and oxygen atoms in total. The van der Waals surface area contributed by atoms with Crippen molar-refractivity contribution in [3.8, 4) is 0 Å². The summed E-state index contributed by atoms with van der Waals surface area (Å²) in [5.41, 5.74) is 0. The quantitative estimate of drug-likeness (QED) is 0.683. The van der Waals surface area contributed by atoms with Crippen LogP contribution < -0.4 is 5.32 Å². The van der Waals surface area contributed by atoms with E-state index in [0.29, 0.717) is 0 Å². The zero-order valence-corrected chi connectivity index (χ0v) is 8.04. The van der Waals surface area contributed by atoms with Crippen LogP contribution >= 0.6 is 0 Å². The fourth-order valence-corrected chi connectivity index (χ4v) is 2.02. The maximum atomic E-state index is 5.25. The van der Waals surface area contributed by atoms with Crippen molar-refractivity contribution in [1.82, 2.24) is 10.2 Å². The van der Waals surface area contributed by atoms with Crippen molar-refractivity contribution in [2.75, 3.05) is 32.9 Å². The van der Waals surface area contributed by atoms with E-state index in [9.17, 15) is 0 Å². The Balaban J connectivity index is 1.72. The molecule has 1 N–H and O–H groups in total. The van der Waals surface area contributed by atoms with Gasteiger partial charge >= 0.3 is 0 Å². The SMILES string of the molecule is C1=COCN(CC2CCNCC2)C1. The molecule has 0 bridgehead atoms. The molecule has 2 rings (SSSR count). The van der Waals surface area contributed by atoms with Crippen LogP contribution in [0.4, 0.5) is 0 Å². The lowest BCUT2D eigenvalue weighted by Gasteiger charge is -2.30. The summed E-state index contributed by atoms with van der Waals surface area (Å²) in [7, 11) is 0. The van der Waals surface area contributed by atoms with E-state index in [0.717, 1.165) is 19.2 Å². The van der Waals surface area contributed by atoms with E-state index in [2.05, 4.69) is 16.3 Å². The normalized spacial score (nSPS) is 25.8. The van der Waals surface area contributed by atoms with Crippen molar-refractivity contribution in [3.63, 3.8) is 0 Å². The Morgan fingerprint density at radius 1 is 1.38 bits per heavy atom. The van der Waals surface area contributed by atoms with E-state index in [1.165, 1.54) is 32.5 Å². The smallest absolute Gasteiger partial charge is 0.141 e. The summed E-state index contributed by atoms with van der Waals surface area (Å²) in [4.78, 5) is 2.37. The van der Waals surface area contributed by atoms with Crippen LogP contribution in [0.3, 0.4) is 0 Å². The molecule has 2 heterocycles. The summed E-state index contributed by atoms with van der Waals surface area (Å²) in [6, 6.07) is 0. The minimum atomic E-state index is 0.778. The average molecular weight is 182 g/mol. The second kappa shape index (κ2) is 4.63. The molecular formula is C10H18N2O. The van der Waals surface area contributed by atoms with Gasteiger partial charge in [0, 0.05) is 13.1 Å². The van der Waals surface area contributed by atoms with Crippen LogP contribution in [-0.4, -0.2) is 37.8 Å². The molecule has 3 heteroatoms. The maximum absolute atomic E-state index is 5.25. The standard InChI is InChI=1S/C10H18N2O/c1-6-12(9-13-7-1)8-10-2-4-11-5-3-10/h1,7,10-11H,2-6,8-9H2. The Kier molecular flexibility index (Phi) is 3.22. The molecule has 2 aliphatic rings. The highest BCUT2D eigenvalue weighted by Crippen LogP contribution is 2.14. The zero-order valence-electron chi connectivity index (χ0n) is 8.04. The average Bonchev–Trinajstić information content (AvgIpc) is 2.21. The monoisotopic (exact) mass is 182 g/mol. The second-order valence-corrected chi connectivity index (χ2v) is 3.90. The van der Waals surface area contributed by atoms with Crippen molar-refractivity contribution in [2.45, 2.75) is 12.8 Å². The summed E-state index contributed by atoms with van der Waals surface area (Å²) < 4.78 is 5.25. The van der Waals surface area contributed by atoms with Gasteiger partial charge in [0.05, 0.1) is 6.26 Å². The summed E-state index contributed by atoms with van der Waals surface area (Å²) in [5.74, 6) is 0.872. The van der Waals surface area contributed by atoms with Crippen LogP contribution in [-0.2, 0) is 4.74 Å². The van der Waals surface area contributed by atoms with Crippen molar-refractivity contribution in [2.24, 2.45) is 5.92 Å². The Labute approximate surface area is 79.7 Å². The topological polar surface area (TPSA) is 24.5 Å². The fourth-order valence-electron chi connectivity index (χ4n) is 2.02. The van der Waals surface area contributed by atoms with Gasteiger partial charge in [-0.3, -0.25) is 4.90 Å².